The van der Waals surface area contributed by atoms with Crippen molar-refractivity contribution in [3.05, 3.63) is 63.3 Å². The number of carbonyl (C=O) groups excluding carboxylic acids is 2. The number of esters is 2. The Morgan fingerprint density at radius 2 is 1.93 bits per heavy atom. The maximum atomic E-state index is 12.3. The zero-order chi connectivity index (χ0) is 21.7. The lowest BCUT2D eigenvalue weighted by Crippen LogP contribution is -2.08. The van der Waals surface area contributed by atoms with E-state index in [9.17, 15) is 9.59 Å². The number of ether oxygens (including phenoxy) is 3. The second kappa shape index (κ2) is 9.78. The molecule has 6 nitrogen and oxygen atoms in total. The zero-order valence-corrected chi connectivity index (χ0v) is 17.9. The molecule has 0 spiro atoms. The summed E-state index contributed by atoms with van der Waals surface area (Å²) in [4.78, 5) is 28.3. The molecule has 0 N–H and O–H groups in total. The van der Waals surface area contributed by atoms with Gasteiger partial charge in [-0.2, -0.15) is 0 Å². The fraction of sp³-hybridized carbons (Fsp3) is 0.227. The molecule has 0 atom stereocenters. The summed E-state index contributed by atoms with van der Waals surface area (Å²) in [5.41, 5.74) is 1.20. The number of hydrogen-bond acceptors (Lipinski definition) is 6. The smallest absolute Gasteiger partial charge is 0.363 e. The van der Waals surface area contributed by atoms with Crippen LogP contribution in [0.3, 0.4) is 0 Å². The van der Waals surface area contributed by atoms with Crippen LogP contribution in [0.25, 0.3) is 6.08 Å². The Hall–Kier alpha value is -2.83. The lowest BCUT2D eigenvalue weighted by Gasteiger charge is -2.11. The Bertz CT molecular complexity index is 1050. The molecular formula is C22H19Cl2NO5. The van der Waals surface area contributed by atoms with Crippen molar-refractivity contribution < 1.29 is 23.8 Å². The first-order valence-corrected chi connectivity index (χ1v) is 10.1. The van der Waals surface area contributed by atoms with E-state index in [-0.39, 0.29) is 17.6 Å². The van der Waals surface area contributed by atoms with E-state index in [4.69, 9.17) is 37.4 Å². The predicted molar refractivity (Wildman–Crippen MR) is 115 cm³/mol. The highest BCUT2D eigenvalue weighted by Crippen LogP contribution is 2.31. The highest BCUT2D eigenvalue weighted by atomic mass is 35.5. The maximum absolute atomic E-state index is 12.3. The summed E-state index contributed by atoms with van der Waals surface area (Å²) in [6, 6.07) is 9.79. The van der Waals surface area contributed by atoms with E-state index in [1.165, 1.54) is 0 Å². The van der Waals surface area contributed by atoms with Gasteiger partial charge in [-0.1, -0.05) is 36.2 Å². The molecule has 0 unspecified atom stereocenters. The Labute approximate surface area is 184 Å². The van der Waals surface area contributed by atoms with Gasteiger partial charge in [-0.3, -0.25) is 4.79 Å². The zero-order valence-electron chi connectivity index (χ0n) is 16.4. The molecule has 2 aromatic carbocycles. The van der Waals surface area contributed by atoms with Gasteiger partial charge in [-0.25, -0.2) is 9.79 Å². The summed E-state index contributed by atoms with van der Waals surface area (Å²) >= 11 is 12.1. The standard InChI is InChI=1S/C22H19Cl2NO5/c1-3-5-20(26)29-18-9-6-13(11-19(18)28-4-2)10-17-22(27)30-21(25-17)15-8-7-14(23)12-16(15)24/h6-12H,3-5H2,1-2H3/b17-10-. The van der Waals surface area contributed by atoms with Crippen molar-refractivity contribution in [2.75, 3.05) is 6.61 Å². The van der Waals surface area contributed by atoms with E-state index < -0.39 is 5.97 Å². The lowest BCUT2D eigenvalue weighted by molar-refractivity contribution is -0.134. The summed E-state index contributed by atoms with van der Waals surface area (Å²) in [6.45, 7) is 4.11. The number of cyclic esters (lactones) is 1. The molecule has 0 aliphatic carbocycles. The quantitative estimate of drug-likeness (QED) is 0.320. The van der Waals surface area contributed by atoms with Gasteiger partial charge >= 0.3 is 11.9 Å². The molecule has 2 aromatic rings. The minimum atomic E-state index is -0.604. The van der Waals surface area contributed by atoms with Gasteiger partial charge in [0.25, 0.3) is 0 Å². The highest BCUT2D eigenvalue weighted by Gasteiger charge is 2.26. The fourth-order valence-corrected chi connectivity index (χ4v) is 3.18. The van der Waals surface area contributed by atoms with Gasteiger partial charge < -0.3 is 14.2 Å². The molecule has 3 rings (SSSR count). The number of benzene rings is 2. The van der Waals surface area contributed by atoms with Gasteiger partial charge in [-0.05, 0) is 55.3 Å². The highest BCUT2D eigenvalue weighted by molar-refractivity contribution is 6.37. The van der Waals surface area contributed by atoms with Gasteiger partial charge in [0.2, 0.25) is 5.90 Å². The molecule has 0 amide bonds. The molecule has 8 heteroatoms. The van der Waals surface area contributed by atoms with E-state index in [0.717, 1.165) is 0 Å². The molecule has 156 valence electrons. The summed E-state index contributed by atoms with van der Waals surface area (Å²) in [5, 5.41) is 0.791. The van der Waals surface area contributed by atoms with Crippen molar-refractivity contribution >= 4 is 47.1 Å². The molecule has 0 saturated heterocycles. The topological polar surface area (TPSA) is 74.2 Å². The fourth-order valence-electron chi connectivity index (χ4n) is 2.69. The molecule has 1 aliphatic heterocycles. The number of halogens is 2. The second-order valence-corrected chi connectivity index (χ2v) is 7.17. The number of hydrogen-bond donors (Lipinski definition) is 0. The van der Waals surface area contributed by atoms with Crippen LogP contribution in [0.2, 0.25) is 10.0 Å². The van der Waals surface area contributed by atoms with Crippen LogP contribution in [0.5, 0.6) is 11.5 Å². The van der Waals surface area contributed by atoms with Gasteiger partial charge in [0.05, 0.1) is 17.2 Å². The number of carbonyl (C=O) groups is 2. The first-order chi connectivity index (χ1) is 14.4. The van der Waals surface area contributed by atoms with Gasteiger partial charge in [0.15, 0.2) is 17.2 Å². The van der Waals surface area contributed by atoms with Gasteiger partial charge in [-0.15, -0.1) is 0 Å². The van der Waals surface area contributed by atoms with Crippen LogP contribution in [-0.2, 0) is 14.3 Å². The monoisotopic (exact) mass is 447 g/mol. The van der Waals surface area contributed by atoms with E-state index in [2.05, 4.69) is 4.99 Å². The van der Waals surface area contributed by atoms with Crippen LogP contribution in [0.4, 0.5) is 0 Å². The lowest BCUT2D eigenvalue weighted by atomic mass is 10.1. The Kier molecular flexibility index (Phi) is 7.13. The van der Waals surface area contributed by atoms with Crippen LogP contribution in [-0.4, -0.2) is 24.4 Å². The number of nitrogens with zero attached hydrogens (tertiary/aromatic N) is 1. The molecule has 1 heterocycles. The second-order valence-electron chi connectivity index (χ2n) is 6.32. The third kappa shape index (κ3) is 5.20. The molecule has 0 radical (unpaired) electrons. The minimum Gasteiger partial charge on any atom is -0.490 e. The van der Waals surface area contributed by atoms with Gasteiger partial charge in [0, 0.05) is 11.4 Å². The van der Waals surface area contributed by atoms with Crippen LogP contribution in [0.1, 0.15) is 37.8 Å². The summed E-state index contributed by atoms with van der Waals surface area (Å²) < 4.78 is 16.2. The first kappa shape index (κ1) is 21.9. The molecule has 1 aliphatic rings. The van der Waals surface area contributed by atoms with Crippen molar-refractivity contribution in [2.45, 2.75) is 26.7 Å². The largest absolute Gasteiger partial charge is 0.490 e. The van der Waals surface area contributed by atoms with E-state index >= 15 is 0 Å². The summed E-state index contributed by atoms with van der Waals surface area (Å²) in [6.07, 6.45) is 2.56. The van der Waals surface area contributed by atoms with E-state index in [0.29, 0.717) is 52.1 Å². The third-order valence-corrected chi connectivity index (χ3v) is 4.58. The molecule has 0 aromatic heterocycles. The van der Waals surface area contributed by atoms with Crippen LogP contribution in [0.15, 0.2) is 47.1 Å². The summed E-state index contributed by atoms with van der Waals surface area (Å²) in [5.74, 6) is -0.121. The SMILES string of the molecule is CCCC(=O)Oc1ccc(/C=C2\N=C(c3ccc(Cl)cc3Cl)OC2=O)cc1OCC. The average molecular weight is 448 g/mol. The van der Waals surface area contributed by atoms with Crippen molar-refractivity contribution in [2.24, 2.45) is 4.99 Å². The molecule has 0 saturated carbocycles. The van der Waals surface area contributed by atoms with E-state index in [1.54, 1.807) is 42.5 Å². The Morgan fingerprint density at radius 3 is 2.63 bits per heavy atom. The van der Waals surface area contributed by atoms with Crippen LogP contribution < -0.4 is 9.47 Å². The summed E-state index contributed by atoms with van der Waals surface area (Å²) in [7, 11) is 0. The van der Waals surface area contributed by atoms with Crippen molar-refractivity contribution in [3.63, 3.8) is 0 Å². The van der Waals surface area contributed by atoms with Gasteiger partial charge in [0.1, 0.15) is 0 Å². The number of aliphatic imine (C=N–C) groups is 1. The van der Waals surface area contributed by atoms with E-state index in [1.807, 2.05) is 13.8 Å². The molecular weight excluding hydrogens is 429 g/mol. The van der Waals surface area contributed by atoms with Crippen LogP contribution in [0, 0.1) is 0 Å². The van der Waals surface area contributed by atoms with Crippen LogP contribution >= 0.6 is 23.2 Å². The predicted octanol–water partition coefficient (Wildman–Crippen LogP) is 5.44. The number of rotatable bonds is 7. The normalized spacial score (nSPS) is 14.5. The minimum absolute atomic E-state index is 0.100. The van der Waals surface area contributed by atoms with Crippen molar-refractivity contribution in [1.29, 1.82) is 0 Å². The van der Waals surface area contributed by atoms with Crippen molar-refractivity contribution in [1.82, 2.24) is 0 Å². The Morgan fingerprint density at radius 1 is 1.13 bits per heavy atom. The average Bonchev–Trinajstić information content (AvgIpc) is 3.04. The molecule has 30 heavy (non-hydrogen) atoms. The molecule has 0 fully saturated rings. The Balaban J connectivity index is 1.89. The van der Waals surface area contributed by atoms with Crippen molar-refractivity contribution in [3.8, 4) is 11.5 Å². The maximum Gasteiger partial charge on any atom is 0.363 e. The molecule has 0 bridgehead atoms. The third-order valence-electron chi connectivity index (χ3n) is 4.03. The first-order valence-electron chi connectivity index (χ1n) is 9.36.